The highest BCUT2D eigenvalue weighted by molar-refractivity contribution is 5.75. The van der Waals surface area contributed by atoms with Crippen LogP contribution in [0.1, 0.15) is 24.8 Å². The Labute approximate surface area is 162 Å². The fraction of sp³-hybridized carbons (Fsp3) is 0.667. The lowest BCUT2D eigenvalue weighted by Crippen LogP contribution is -2.49. The van der Waals surface area contributed by atoms with Gasteiger partial charge in [0.25, 0.3) is 0 Å². The first-order chi connectivity index (χ1) is 13.2. The van der Waals surface area contributed by atoms with E-state index in [1.165, 1.54) is 18.4 Å². The van der Waals surface area contributed by atoms with E-state index in [-0.39, 0.29) is 11.4 Å². The fourth-order valence-electron chi connectivity index (χ4n) is 4.86. The molecule has 3 fully saturated rings. The Bertz CT molecular complexity index is 662. The van der Waals surface area contributed by atoms with E-state index < -0.39 is 0 Å². The van der Waals surface area contributed by atoms with Crippen LogP contribution in [-0.2, 0) is 11.3 Å². The summed E-state index contributed by atoms with van der Waals surface area (Å²) in [6.07, 6.45) is 3.57. The van der Waals surface area contributed by atoms with E-state index in [1.54, 1.807) is 7.11 Å². The Hall–Kier alpha value is -1.79. The Kier molecular flexibility index (Phi) is 5.55. The van der Waals surface area contributed by atoms with Crippen LogP contribution in [0, 0.1) is 5.41 Å². The van der Waals surface area contributed by atoms with Crippen LogP contribution < -0.4 is 4.74 Å². The van der Waals surface area contributed by atoms with Gasteiger partial charge in [-0.25, -0.2) is 4.79 Å². The van der Waals surface area contributed by atoms with Crippen molar-refractivity contribution in [3.8, 4) is 5.75 Å². The number of ether oxygens (including phenoxy) is 2. The molecule has 27 heavy (non-hydrogen) atoms. The third-order valence-electron chi connectivity index (χ3n) is 6.27. The van der Waals surface area contributed by atoms with Gasteiger partial charge in [0.05, 0.1) is 20.3 Å². The normalized spacial score (nSPS) is 26.6. The summed E-state index contributed by atoms with van der Waals surface area (Å²) in [6, 6.07) is 8.57. The van der Waals surface area contributed by atoms with E-state index in [9.17, 15) is 4.79 Å². The number of hydrogen-bond donors (Lipinski definition) is 0. The van der Waals surface area contributed by atoms with E-state index >= 15 is 0 Å². The van der Waals surface area contributed by atoms with Crippen LogP contribution in [0.3, 0.4) is 0 Å². The van der Waals surface area contributed by atoms with Crippen molar-refractivity contribution < 1.29 is 14.3 Å². The maximum absolute atomic E-state index is 12.8. The Morgan fingerprint density at radius 1 is 1.11 bits per heavy atom. The molecule has 0 radical (unpaired) electrons. The number of carbonyl (C=O) groups excluding carboxylic acids is 1. The summed E-state index contributed by atoms with van der Waals surface area (Å²) >= 11 is 0. The van der Waals surface area contributed by atoms with Gasteiger partial charge in [-0.1, -0.05) is 12.1 Å². The third kappa shape index (κ3) is 4.22. The maximum Gasteiger partial charge on any atom is 0.320 e. The molecule has 6 nitrogen and oxygen atoms in total. The second-order valence-electron chi connectivity index (χ2n) is 8.22. The molecule has 1 aromatic carbocycles. The van der Waals surface area contributed by atoms with Crippen LogP contribution in [-0.4, -0.2) is 80.3 Å². The van der Waals surface area contributed by atoms with E-state index in [4.69, 9.17) is 9.47 Å². The first-order valence-electron chi connectivity index (χ1n) is 10.1. The molecule has 3 aliphatic rings. The molecule has 1 aromatic rings. The van der Waals surface area contributed by atoms with Crippen LogP contribution in [0.25, 0.3) is 0 Å². The molecule has 0 saturated carbocycles. The van der Waals surface area contributed by atoms with Crippen molar-refractivity contribution in [1.82, 2.24) is 14.7 Å². The Morgan fingerprint density at radius 2 is 1.96 bits per heavy atom. The standard InChI is InChI=1S/C21H31N3O3/c1-26-19-5-2-4-18(14-19)15-22-8-3-6-21(16-22)7-9-24(17-21)20(25)23-10-12-27-13-11-23/h2,4-5,14H,3,6-13,15-17H2,1H3. The highest BCUT2D eigenvalue weighted by Gasteiger charge is 2.43. The van der Waals surface area contributed by atoms with Crippen LogP contribution in [0.4, 0.5) is 4.79 Å². The van der Waals surface area contributed by atoms with Crippen molar-refractivity contribution in [2.24, 2.45) is 5.41 Å². The highest BCUT2D eigenvalue weighted by atomic mass is 16.5. The summed E-state index contributed by atoms with van der Waals surface area (Å²) in [4.78, 5) is 19.4. The van der Waals surface area contributed by atoms with Crippen molar-refractivity contribution in [2.45, 2.75) is 25.8 Å². The van der Waals surface area contributed by atoms with Crippen LogP contribution in [0.5, 0.6) is 5.75 Å². The number of methoxy groups -OCH3 is 1. The van der Waals surface area contributed by atoms with Crippen molar-refractivity contribution in [3.05, 3.63) is 29.8 Å². The van der Waals surface area contributed by atoms with Gasteiger partial charge in [-0.2, -0.15) is 0 Å². The van der Waals surface area contributed by atoms with Crippen LogP contribution in [0.2, 0.25) is 0 Å². The van der Waals surface area contributed by atoms with Gasteiger partial charge in [0.1, 0.15) is 5.75 Å². The Balaban J connectivity index is 1.36. The molecule has 1 spiro atoms. The quantitative estimate of drug-likeness (QED) is 0.816. The van der Waals surface area contributed by atoms with Gasteiger partial charge in [-0.3, -0.25) is 4.90 Å². The van der Waals surface area contributed by atoms with Gasteiger partial charge in [-0.05, 0) is 43.5 Å². The molecule has 3 heterocycles. The van der Waals surface area contributed by atoms with E-state index in [2.05, 4.69) is 28.0 Å². The van der Waals surface area contributed by atoms with Gasteiger partial charge >= 0.3 is 6.03 Å². The number of hydrogen-bond acceptors (Lipinski definition) is 4. The molecule has 148 valence electrons. The predicted octanol–water partition coefficient (Wildman–Crippen LogP) is 2.44. The molecule has 3 aliphatic heterocycles. The molecule has 0 bridgehead atoms. The average molecular weight is 373 g/mol. The molecule has 0 aliphatic carbocycles. The maximum atomic E-state index is 12.8. The minimum atomic E-state index is 0.208. The number of carbonyl (C=O) groups is 1. The Morgan fingerprint density at radius 3 is 2.78 bits per heavy atom. The van der Waals surface area contributed by atoms with Gasteiger partial charge in [0.2, 0.25) is 0 Å². The molecule has 2 amide bonds. The van der Waals surface area contributed by atoms with Crippen molar-refractivity contribution in [1.29, 1.82) is 0 Å². The molecule has 1 unspecified atom stereocenters. The molecular weight excluding hydrogens is 342 g/mol. The number of likely N-dealkylation sites (tertiary alicyclic amines) is 2. The summed E-state index contributed by atoms with van der Waals surface area (Å²) in [5, 5.41) is 0. The zero-order valence-electron chi connectivity index (χ0n) is 16.4. The lowest BCUT2D eigenvalue weighted by atomic mass is 9.79. The molecular formula is C21H31N3O3. The topological polar surface area (TPSA) is 45.2 Å². The lowest BCUT2D eigenvalue weighted by molar-refractivity contribution is 0.0419. The van der Waals surface area contributed by atoms with Gasteiger partial charge < -0.3 is 19.3 Å². The number of rotatable bonds is 3. The summed E-state index contributed by atoms with van der Waals surface area (Å²) in [6.45, 7) is 7.75. The van der Waals surface area contributed by atoms with Gasteiger partial charge in [0, 0.05) is 44.7 Å². The predicted molar refractivity (Wildman–Crippen MR) is 104 cm³/mol. The second-order valence-corrected chi connectivity index (χ2v) is 8.22. The van der Waals surface area contributed by atoms with Gasteiger partial charge in [0.15, 0.2) is 0 Å². The average Bonchev–Trinajstić information content (AvgIpc) is 3.11. The zero-order valence-corrected chi connectivity index (χ0v) is 16.4. The zero-order chi connectivity index (χ0) is 18.7. The third-order valence-corrected chi connectivity index (χ3v) is 6.27. The highest BCUT2D eigenvalue weighted by Crippen LogP contribution is 2.39. The molecule has 6 heteroatoms. The summed E-state index contributed by atoms with van der Waals surface area (Å²) in [7, 11) is 1.72. The number of benzene rings is 1. The molecule has 4 rings (SSSR count). The number of nitrogens with zero attached hydrogens (tertiary/aromatic N) is 3. The van der Waals surface area contributed by atoms with E-state index in [0.717, 1.165) is 58.0 Å². The lowest BCUT2D eigenvalue weighted by Gasteiger charge is -2.41. The molecule has 1 atom stereocenters. The van der Waals surface area contributed by atoms with Crippen molar-refractivity contribution >= 4 is 6.03 Å². The second kappa shape index (κ2) is 8.07. The van der Waals surface area contributed by atoms with Crippen LogP contribution >= 0.6 is 0 Å². The SMILES string of the molecule is COc1cccc(CN2CCCC3(CCN(C(=O)N4CCOCC4)C3)C2)c1. The monoisotopic (exact) mass is 373 g/mol. The van der Waals surface area contributed by atoms with Crippen molar-refractivity contribution in [3.63, 3.8) is 0 Å². The van der Waals surface area contributed by atoms with E-state index in [0.29, 0.717) is 13.2 Å². The number of amides is 2. The van der Waals surface area contributed by atoms with E-state index in [1.807, 2.05) is 11.0 Å². The van der Waals surface area contributed by atoms with Gasteiger partial charge in [-0.15, -0.1) is 0 Å². The summed E-state index contributed by atoms with van der Waals surface area (Å²) in [5.74, 6) is 0.919. The first-order valence-corrected chi connectivity index (χ1v) is 10.1. The summed E-state index contributed by atoms with van der Waals surface area (Å²) in [5.41, 5.74) is 1.56. The number of morpholine rings is 1. The number of piperidine rings is 1. The molecule has 0 aromatic heterocycles. The smallest absolute Gasteiger partial charge is 0.320 e. The minimum Gasteiger partial charge on any atom is -0.497 e. The molecule has 0 N–H and O–H groups in total. The fourth-order valence-corrected chi connectivity index (χ4v) is 4.86. The first kappa shape index (κ1) is 18.6. The minimum absolute atomic E-state index is 0.208. The van der Waals surface area contributed by atoms with Crippen molar-refractivity contribution in [2.75, 3.05) is 59.6 Å². The van der Waals surface area contributed by atoms with Crippen LogP contribution in [0.15, 0.2) is 24.3 Å². The molecule has 3 saturated heterocycles. The summed E-state index contributed by atoms with van der Waals surface area (Å²) < 4.78 is 10.7. The number of urea groups is 1. The largest absolute Gasteiger partial charge is 0.497 e.